The molecule has 102 valence electrons. The molecule has 0 aromatic carbocycles. The standard InChI is InChI=1S/C12H14N2O2S3/c1-19(16)6-5-14-11(15)9-7-3-2-4-8(7)18-10(9)13-12(14)17/h2-6H2,1H3,(H,13,17). The molecule has 1 N–H and O–H groups in total. The molecule has 1 atom stereocenters. The van der Waals surface area contributed by atoms with Gasteiger partial charge in [-0.05, 0) is 37.0 Å². The minimum atomic E-state index is -0.923. The summed E-state index contributed by atoms with van der Waals surface area (Å²) < 4.78 is 13.2. The Balaban J connectivity index is 2.21. The van der Waals surface area contributed by atoms with E-state index in [0.29, 0.717) is 17.1 Å². The van der Waals surface area contributed by atoms with Crippen LogP contribution in [-0.2, 0) is 30.2 Å². The monoisotopic (exact) mass is 314 g/mol. The van der Waals surface area contributed by atoms with Gasteiger partial charge in [0.05, 0.1) is 5.39 Å². The van der Waals surface area contributed by atoms with Crippen LogP contribution in [0.2, 0.25) is 0 Å². The van der Waals surface area contributed by atoms with Crippen molar-refractivity contribution in [1.82, 2.24) is 9.55 Å². The Morgan fingerprint density at radius 1 is 1.47 bits per heavy atom. The zero-order valence-corrected chi connectivity index (χ0v) is 13.0. The zero-order valence-electron chi connectivity index (χ0n) is 10.5. The van der Waals surface area contributed by atoms with Crippen molar-refractivity contribution in [3.63, 3.8) is 0 Å². The van der Waals surface area contributed by atoms with Crippen LogP contribution in [0.25, 0.3) is 10.2 Å². The second-order valence-electron chi connectivity index (χ2n) is 4.73. The Bertz CT molecular complexity index is 785. The van der Waals surface area contributed by atoms with Gasteiger partial charge in [-0.15, -0.1) is 11.3 Å². The van der Waals surface area contributed by atoms with E-state index in [-0.39, 0.29) is 5.56 Å². The highest BCUT2D eigenvalue weighted by Gasteiger charge is 2.21. The predicted octanol–water partition coefficient (Wildman–Crippen LogP) is 1.99. The molecule has 0 spiro atoms. The number of rotatable bonds is 3. The summed E-state index contributed by atoms with van der Waals surface area (Å²) in [6.07, 6.45) is 4.81. The van der Waals surface area contributed by atoms with Gasteiger partial charge in [0, 0.05) is 34.2 Å². The molecule has 1 aliphatic carbocycles. The lowest BCUT2D eigenvalue weighted by Gasteiger charge is -2.05. The van der Waals surface area contributed by atoms with Gasteiger partial charge in [-0.25, -0.2) is 0 Å². The second-order valence-corrected chi connectivity index (χ2v) is 7.77. The van der Waals surface area contributed by atoms with E-state index in [1.54, 1.807) is 22.2 Å². The van der Waals surface area contributed by atoms with Crippen molar-refractivity contribution in [2.75, 3.05) is 12.0 Å². The van der Waals surface area contributed by atoms with Crippen molar-refractivity contribution in [1.29, 1.82) is 0 Å². The first-order chi connectivity index (χ1) is 9.08. The van der Waals surface area contributed by atoms with E-state index in [9.17, 15) is 9.00 Å². The number of aromatic nitrogens is 2. The first-order valence-corrected chi connectivity index (χ1v) is 9.10. The van der Waals surface area contributed by atoms with E-state index in [2.05, 4.69) is 4.98 Å². The Morgan fingerprint density at radius 2 is 2.26 bits per heavy atom. The zero-order chi connectivity index (χ0) is 13.6. The SMILES string of the molecule is CS(=O)CCn1c(=S)[nH]c2sc3c(c2c1=O)CCC3. The molecule has 2 aromatic heterocycles. The highest BCUT2D eigenvalue weighted by Crippen LogP contribution is 2.34. The van der Waals surface area contributed by atoms with E-state index in [1.807, 2.05) is 0 Å². The van der Waals surface area contributed by atoms with Gasteiger partial charge in [-0.2, -0.15) is 0 Å². The first kappa shape index (κ1) is 13.2. The van der Waals surface area contributed by atoms with Crippen molar-refractivity contribution in [3.8, 4) is 0 Å². The molecule has 1 unspecified atom stereocenters. The van der Waals surface area contributed by atoms with Crippen molar-refractivity contribution in [3.05, 3.63) is 25.6 Å². The summed E-state index contributed by atoms with van der Waals surface area (Å²) in [5.41, 5.74) is 1.17. The molecule has 0 amide bonds. The normalized spacial score (nSPS) is 15.8. The summed E-state index contributed by atoms with van der Waals surface area (Å²) in [4.78, 5) is 17.9. The number of H-pyrrole nitrogens is 1. The maximum Gasteiger partial charge on any atom is 0.263 e. The van der Waals surface area contributed by atoms with E-state index in [0.717, 1.165) is 29.5 Å². The fraction of sp³-hybridized carbons (Fsp3) is 0.500. The number of thiophene rings is 1. The van der Waals surface area contributed by atoms with Crippen LogP contribution in [0.3, 0.4) is 0 Å². The first-order valence-electron chi connectivity index (χ1n) is 6.15. The molecule has 4 nitrogen and oxygen atoms in total. The molecular formula is C12H14N2O2S3. The van der Waals surface area contributed by atoms with Gasteiger partial charge >= 0.3 is 0 Å². The van der Waals surface area contributed by atoms with Gasteiger partial charge in [0.15, 0.2) is 4.77 Å². The molecule has 3 rings (SSSR count). The summed E-state index contributed by atoms with van der Waals surface area (Å²) in [6.45, 7) is 0.415. The van der Waals surface area contributed by atoms with Crippen molar-refractivity contribution in [2.24, 2.45) is 0 Å². The predicted molar refractivity (Wildman–Crippen MR) is 82.2 cm³/mol. The maximum absolute atomic E-state index is 12.6. The third-order valence-corrected chi connectivity index (χ3v) is 5.74. The van der Waals surface area contributed by atoms with Crippen LogP contribution in [0.4, 0.5) is 0 Å². The molecule has 0 fully saturated rings. The molecule has 0 saturated heterocycles. The van der Waals surface area contributed by atoms with Gasteiger partial charge < -0.3 is 4.98 Å². The summed E-state index contributed by atoms with van der Waals surface area (Å²) in [5, 5.41) is 0.799. The topological polar surface area (TPSA) is 54.9 Å². The number of aryl methyl sites for hydroxylation is 2. The van der Waals surface area contributed by atoms with E-state index in [4.69, 9.17) is 12.2 Å². The summed E-state index contributed by atoms with van der Waals surface area (Å²) >= 11 is 6.89. The lowest BCUT2D eigenvalue weighted by Crippen LogP contribution is -2.24. The molecule has 19 heavy (non-hydrogen) atoms. The Labute approximate surface area is 121 Å². The average Bonchev–Trinajstić information content (AvgIpc) is 2.87. The molecular weight excluding hydrogens is 300 g/mol. The van der Waals surface area contributed by atoms with E-state index in [1.165, 1.54) is 10.4 Å². The molecule has 1 aliphatic rings. The fourth-order valence-corrected chi connectivity index (χ4v) is 4.59. The molecule has 0 aliphatic heterocycles. The summed E-state index contributed by atoms with van der Waals surface area (Å²) in [6, 6.07) is 0. The molecule has 0 saturated carbocycles. The van der Waals surface area contributed by atoms with E-state index < -0.39 is 10.8 Å². The lowest BCUT2D eigenvalue weighted by molar-refractivity contribution is 0.668. The van der Waals surface area contributed by atoms with Crippen molar-refractivity contribution < 1.29 is 4.21 Å². The van der Waals surface area contributed by atoms with Crippen LogP contribution in [-0.4, -0.2) is 25.8 Å². The number of fused-ring (bicyclic) bond motifs is 3. The largest absolute Gasteiger partial charge is 0.323 e. The number of hydrogen-bond donors (Lipinski definition) is 1. The van der Waals surface area contributed by atoms with Crippen molar-refractivity contribution >= 4 is 44.6 Å². The maximum atomic E-state index is 12.6. The Hall–Kier alpha value is -0.790. The lowest BCUT2D eigenvalue weighted by atomic mass is 10.2. The van der Waals surface area contributed by atoms with Crippen LogP contribution in [0.15, 0.2) is 4.79 Å². The van der Waals surface area contributed by atoms with Gasteiger partial charge in [0.1, 0.15) is 4.83 Å². The molecule has 0 bridgehead atoms. The fourth-order valence-electron chi connectivity index (χ4n) is 2.53. The number of aromatic amines is 1. The molecule has 2 heterocycles. The quantitative estimate of drug-likeness (QED) is 0.882. The number of nitrogens with zero attached hydrogens (tertiary/aromatic N) is 1. The summed E-state index contributed by atoms with van der Waals surface area (Å²) in [5.74, 6) is 0.454. The van der Waals surface area contributed by atoms with Gasteiger partial charge in [-0.1, -0.05) is 0 Å². The second kappa shape index (κ2) is 4.96. The minimum Gasteiger partial charge on any atom is -0.323 e. The van der Waals surface area contributed by atoms with Crippen LogP contribution in [0.5, 0.6) is 0 Å². The van der Waals surface area contributed by atoms with Gasteiger partial charge in [0.25, 0.3) is 5.56 Å². The third-order valence-electron chi connectivity index (χ3n) is 3.45. The number of hydrogen-bond acceptors (Lipinski definition) is 4. The van der Waals surface area contributed by atoms with Crippen LogP contribution >= 0.6 is 23.6 Å². The average molecular weight is 314 g/mol. The molecule has 2 aromatic rings. The van der Waals surface area contributed by atoms with Crippen LogP contribution < -0.4 is 5.56 Å². The summed E-state index contributed by atoms with van der Waals surface area (Å²) in [7, 11) is -0.923. The third kappa shape index (κ3) is 2.23. The van der Waals surface area contributed by atoms with Crippen LogP contribution in [0.1, 0.15) is 16.9 Å². The van der Waals surface area contributed by atoms with Crippen molar-refractivity contribution in [2.45, 2.75) is 25.8 Å². The smallest absolute Gasteiger partial charge is 0.263 e. The molecule has 0 radical (unpaired) electrons. The van der Waals surface area contributed by atoms with Crippen LogP contribution in [0, 0.1) is 4.77 Å². The van der Waals surface area contributed by atoms with Gasteiger partial charge in [-0.3, -0.25) is 13.6 Å². The molecule has 7 heteroatoms. The number of nitrogens with one attached hydrogen (secondary N) is 1. The van der Waals surface area contributed by atoms with Gasteiger partial charge in [0.2, 0.25) is 0 Å². The highest BCUT2D eigenvalue weighted by atomic mass is 32.2. The Morgan fingerprint density at radius 3 is 3.00 bits per heavy atom. The van der Waals surface area contributed by atoms with E-state index >= 15 is 0 Å². The Kier molecular flexibility index (Phi) is 3.44. The minimum absolute atomic E-state index is 0.0244. The highest BCUT2D eigenvalue weighted by molar-refractivity contribution is 7.84.